The quantitative estimate of drug-likeness (QED) is 0.894. The fraction of sp³-hybridized carbons (Fsp3) is 0.385. The lowest BCUT2D eigenvalue weighted by molar-refractivity contribution is 0.0680. The Morgan fingerprint density at radius 1 is 1.37 bits per heavy atom. The summed E-state index contributed by atoms with van der Waals surface area (Å²) in [5, 5.41) is 0.323. The van der Waals surface area contributed by atoms with E-state index >= 15 is 0 Å². The van der Waals surface area contributed by atoms with Crippen LogP contribution in [0.15, 0.2) is 32.2 Å². The van der Waals surface area contributed by atoms with Crippen molar-refractivity contribution in [2.24, 2.45) is 0 Å². The van der Waals surface area contributed by atoms with Gasteiger partial charge in [0.25, 0.3) is 5.56 Å². The normalized spacial score (nSPS) is 18.8. The molecule has 6 nitrogen and oxygen atoms in total. The van der Waals surface area contributed by atoms with Crippen molar-refractivity contribution >= 4 is 11.0 Å². The fourth-order valence-electron chi connectivity index (χ4n) is 2.11. The summed E-state index contributed by atoms with van der Waals surface area (Å²) in [6.07, 6.45) is 2.15. The van der Waals surface area contributed by atoms with Crippen LogP contribution in [0, 0.1) is 0 Å². The first-order chi connectivity index (χ1) is 9.22. The lowest BCUT2D eigenvalue weighted by Gasteiger charge is -2.11. The van der Waals surface area contributed by atoms with Crippen molar-refractivity contribution in [2.45, 2.75) is 18.9 Å². The Kier molecular flexibility index (Phi) is 3.08. The Bertz CT molecular complexity index is 696. The predicted molar refractivity (Wildman–Crippen MR) is 67.6 cm³/mol. The minimum Gasteiger partial charge on any atom is -0.491 e. The van der Waals surface area contributed by atoms with Crippen LogP contribution in [0.3, 0.4) is 0 Å². The molecule has 6 heteroatoms. The Hall–Kier alpha value is -2.08. The molecule has 0 amide bonds. The third-order valence-corrected chi connectivity index (χ3v) is 3.08. The molecular formula is C13H13NO5. The van der Waals surface area contributed by atoms with E-state index < -0.39 is 11.3 Å². The number of benzene rings is 1. The maximum absolute atomic E-state index is 11.5. The van der Waals surface area contributed by atoms with E-state index in [1.807, 2.05) is 0 Å². The first-order valence-corrected chi connectivity index (χ1v) is 6.14. The molecule has 0 bridgehead atoms. The molecule has 19 heavy (non-hydrogen) atoms. The second-order valence-corrected chi connectivity index (χ2v) is 4.45. The molecule has 1 aliphatic rings. The number of fused-ring (bicyclic) bond motifs is 1. The molecule has 1 atom stereocenters. The number of H-pyrrole nitrogens is 1. The molecule has 0 saturated carbocycles. The third-order valence-electron chi connectivity index (χ3n) is 3.08. The maximum atomic E-state index is 11.5. The summed E-state index contributed by atoms with van der Waals surface area (Å²) in [5.41, 5.74) is -0.240. The van der Waals surface area contributed by atoms with E-state index in [4.69, 9.17) is 13.9 Å². The summed E-state index contributed by atoms with van der Waals surface area (Å²) >= 11 is 0. The van der Waals surface area contributed by atoms with Gasteiger partial charge in [0.15, 0.2) is 0 Å². The van der Waals surface area contributed by atoms with E-state index in [1.165, 1.54) is 0 Å². The van der Waals surface area contributed by atoms with Gasteiger partial charge in [-0.15, -0.1) is 0 Å². The SMILES string of the molecule is O=c1[nH]c(=O)c2ccc(OCC3CCCO3)cc2o1. The van der Waals surface area contributed by atoms with Crippen molar-refractivity contribution in [1.82, 2.24) is 4.98 Å². The van der Waals surface area contributed by atoms with E-state index in [1.54, 1.807) is 18.2 Å². The lowest BCUT2D eigenvalue weighted by Crippen LogP contribution is -2.18. The topological polar surface area (TPSA) is 81.5 Å². The number of hydrogen-bond acceptors (Lipinski definition) is 5. The molecule has 1 N–H and O–H groups in total. The van der Waals surface area contributed by atoms with E-state index in [-0.39, 0.29) is 11.7 Å². The molecule has 1 aromatic carbocycles. The van der Waals surface area contributed by atoms with Crippen molar-refractivity contribution in [3.63, 3.8) is 0 Å². The van der Waals surface area contributed by atoms with Crippen LogP contribution in [0.25, 0.3) is 11.0 Å². The van der Waals surface area contributed by atoms with Crippen molar-refractivity contribution < 1.29 is 13.9 Å². The molecule has 0 spiro atoms. The minimum absolute atomic E-state index is 0.113. The zero-order chi connectivity index (χ0) is 13.2. The summed E-state index contributed by atoms with van der Waals surface area (Å²) in [5.74, 6) is -0.217. The van der Waals surface area contributed by atoms with Crippen LogP contribution in [-0.2, 0) is 4.74 Å². The molecule has 1 fully saturated rings. The van der Waals surface area contributed by atoms with Crippen molar-refractivity contribution in [1.29, 1.82) is 0 Å². The van der Waals surface area contributed by atoms with E-state index in [9.17, 15) is 9.59 Å². The second kappa shape index (κ2) is 4.89. The van der Waals surface area contributed by atoms with Crippen molar-refractivity contribution in [2.75, 3.05) is 13.2 Å². The number of hydrogen-bond donors (Lipinski definition) is 1. The van der Waals surface area contributed by atoms with Crippen LogP contribution in [-0.4, -0.2) is 24.3 Å². The highest BCUT2D eigenvalue weighted by Gasteiger charge is 2.16. The average molecular weight is 263 g/mol. The number of nitrogens with one attached hydrogen (secondary N) is 1. The monoisotopic (exact) mass is 263 g/mol. The van der Waals surface area contributed by atoms with Crippen LogP contribution in [0.4, 0.5) is 0 Å². The molecule has 2 heterocycles. The molecule has 1 aromatic heterocycles. The van der Waals surface area contributed by atoms with Crippen LogP contribution in [0.5, 0.6) is 5.75 Å². The van der Waals surface area contributed by atoms with E-state index in [0.717, 1.165) is 19.4 Å². The molecule has 2 aromatic rings. The Morgan fingerprint density at radius 3 is 3.05 bits per heavy atom. The molecule has 1 saturated heterocycles. The largest absolute Gasteiger partial charge is 0.491 e. The van der Waals surface area contributed by atoms with Gasteiger partial charge in [-0.3, -0.25) is 9.78 Å². The van der Waals surface area contributed by atoms with Gasteiger partial charge < -0.3 is 13.9 Å². The van der Waals surface area contributed by atoms with Crippen LogP contribution in [0.2, 0.25) is 0 Å². The molecule has 1 unspecified atom stereocenters. The first-order valence-electron chi connectivity index (χ1n) is 6.14. The summed E-state index contributed by atoms with van der Waals surface area (Å²) in [7, 11) is 0. The predicted octanol–water partition coefficient (Wildman–Crippen LogP) is 1.04. The van der Waals surface area contributed by atoms with Gasteiger partial charge in [0.1, 0.15) is 17.9 Å². The second-order valence-electron chi connectivity index (χ2n) is 4.45. The van der Waals surface area contributed by atoms with E-state index in [0.29, 0.717) is 17.7 Å². The van der Waals surface area contributed by atoms with Crippen molar-refractivity contribution in [3.8, 4) is 5.75 Å². The highest BCUT2D eigenvalue weighted by atomic mass is 16.5. The first kappa shape index (κ1) is 12.0. The third kappa shape index (κ3) is 2.53. The zero-order valence-corrected chi connectivity index (χ0v) is 10.2. The summed E-state index contributed by atoms with van der Waals surface area (Å²) in [6, 6.07) is 4.79. The molecule has 0 aliphatic carbocycles. The van der Waals surface area contributed by atoms with E-state index in [2.05, 4.69) is 4.98 Å². The van der Waals surface area contributed by atoms with Crippen LogP contribution >= 0.6 is 0 Å². The fourth-order valence-corrected chi connectivity index (χ4v) is 2.11. The van der Waals surface area contributed by atoms with Gasteiger partial charge in [-0.25, -0.2) is 4.79 Å². The van der Waals surface area contributed by atoms with Gasteiger partial charge in [-0.1, -0.05) is 0 Å². The molecule has 3 rings (SSSR count). The molecule has 100 valence electrons. The highest BCUT2D eigenvalue weighted by Crippen LogP contribution is 2.19. The molecular weight excluding hydrogens is 250 g/mol. The number of rotatable bonds is 3. The average Bonchev–Trinajstić information content (AvgIpc) is 2.88. The van der Waals surface area contributed by atoms with Crippen LogP contribution < -0.4 is 16.1 Å². The summed E-state index contributed by atoms with van der Waals surface area (Å²) in [4.78, 5) is 24.7. The maximum Gasteiger partial charge on any atom is 0.419 e. The number of ether oxygens (including phenoxy) is 2. The zero-order valence-electron chi connectivity index (χ0n) is 10.2. The number of aromatic nitrogens is 1. The lowest BCUT2D eigenvalue weighted by atomic mass is 10.2. The Morgan fingerprint density at radius 2 is 2.26 bits per heavy atom. The van der Waals surface area contributed by atoms with Gasteiger partial charge in [0.05, 0.1) is 11.5 Å². The van der Waals surface area contributed by atoms with Gasteiger partial charge in [-0.05, 0) is 25.0 Å². The van der Waals surface area contributed by atoms with Gasteiger partial charge in [0.2, 0.25) is 0 Å². The van der Waals surface area contributed by atoms with Gasteiger partial charge in [0, 0.05) is 12.7 Å². The molecule has 0 radical (unpaired) electrons. The Balaban J connectivity index is 1.84. The van der Waals surface area contributed by atoms with Gasteiger partial charge >= 0.3 is 5.76 Å². The Labute approximate surface area is 108 Å². The van der Waals surface area contributed by atoms with Gasteiger partial charge in [-0.2, -0.15) is 0 Å². The highest BCUT2D eigenvalue weighted by molar-refractivity contribution is 5.76. The number of aromatic amines is 1. The molecule has 1 aliphatic heterocycles. The van der Waals surface area contributed by atoms with Crippen LogP contribution in [0.1, 0.15) is 12.8 Å². The summed E-state index contributed by atoms with van der Waals surface area (Å²) in [6.45, 7) is 1.23. The standard InChI is InChI=1S/C13H13NO5/c15-12-10-4-3-8(6-11(10)19-13(16)14-12)18-7-9-2-1-5-17-9/h3-4,6,9H,1-2,5,7H2,(H,14,15,16). The van der Waals surface area contributed by atoms with Crippen molar-refractivity contribution in [3.05, 3.63) is 39.1 Å². The smallest absolute Gasteiger partial charge is 0.419 e. The minimum atomic E-state index is -0.770. The summed E-state index contributed by atoms with van der Waals surface area (Å²) < 4.78 is 16.0.